The van der Waals surface area contributed by atoms with E-state index in [4.69, 9.17) is 14.2 Å². The summed E-state index contributed by atoms with van der Waals surface area (Å²) in [5.41, 5.74) is 0. The molecule has 0 bridgehead atoms. The van der Waals surface area contributed by atoms with Crippen LogP contribution >= 0.6 is 0 Å². The Morgan fingerprint density at radius 3 is 0.735 bits per heavy atom. The highest BCUT2D eigenvalue weighted by Crippen LogP contribution is 2.17. The molecule has 0 N–H and O–H groups in total. The van der Waals surface area contributed by atoms with E-state index in [1.807, 2.05) is 0 Å². The van der Waals surface area contributed by atoms with E-state index in [-0.39, 0.29) is 31.1 Å². The van der Waals surface area contributed by atoms with Crippen LogP contribution in [0, 0.1) is 0 Å². The fourth-order valence-corrected chi connectivity index (χ4v) is 9.75. The Kier molecular flexibility index (Phi) is 66.7. The van der Waals surface area contributed by atoms with Crippen molar-refractivity contribution in [3.8, 4) is 0 Å². The second-order valence-electron chi connectivity index (χ2n) is 23.0. The molecule has 1 unspecified atom stereocenters. The van der Waals surface area contributed by atoms with Crippen molar-refractivity contribution in [1.29, 1.82) is 0 Å². The molecular weight excluding hydrogens is 1020 g/mol. The molecule has 0 saturated carbocycles. The summed E-state index contributed by atoms with van der Waals surface area (Å²) in [4.78, 5) is 38.4. The molecule has 0 amide bonds. The highest BCUT2D eigenvalue weighted by molar-refractivity contribution is 5.71. The SMILES string of the molecule is CC/C=C\C/C=C\C/C=C\C/C=C\C/C=C\CCCCCCCCCCCCCCCCCCCCCC(=O)OCC(COC(=O)CCCCCCC/C=C\C/C=C\CCCCC)OC(=O)CCCCCCC/C=C\C/C=C\C/C=C\CC. The molecule has 1 atom stereocenters. The summed E-state index contributed by atoms with van der Waals surface area (Å²) in [6.07, 6.45) is 98.1. The number of esters is 3. The fourth-order valence-electron chi connectivity index (χ4n) is 9.75. The van der Waals surface area contributed by atoms with Gasteiger partial charge in [0.2, 0.25) is 0 Å². The van der Waals surface area contributed by atoms with Crippen molar-refractivity contribution in [1.82, 2.24) is 0 Å². The molecule has 0 aromatic carbocycles. The first kappa shape index (κ1) is 78.8. The minimum absolute atomic E-state index is 0.0882. The first-order valence-electron chi connectivity index (χ1n) is 35.0. The molecule has 0 fully saturated rings. The van der Waals surface area contributed by atoms with Crippen molar-refractivity contribution >= 4 is 17.9 Å². The van der Waals surface area contributed by atoms with Gasteiger partial charge >= 0.3 is 17.9 Å². The summed E-state index contributed by atoms with van der Waals surface area (Å²) in [7, 11) is 0. The van der Waals surface area contributed by atoms with Gasteiger partial charge in [-0.25, -0.2) is 0 Å². The van der Waals surface area contributed by atoms with Gasteiger partial charge in [-0.2, -0.15) is 0 Å². The lowest BCUT2D eigenvalue weighted by Crippen LogP contribution is -2.30. The smallest absolute Gasteiger partial charge is 0.306 e. The Balaban J connectivity index is 4.17. The van der Waals surface area contributed by atoms with E-state index >= 15 is 0 Å². The van der Waals surface area contributed by atoms with Gasteiger partial charge < -0.3 is 14.2 Å². The van der Waals surface area contributed by atoms with Crippen LogP contribution in [0.3, 0.4) is 0 Å². The van der Waals surface area contributed by atoms with Crippen LogP contribution in [0.1, 0.15) is 329 Å². The zero-order valence-electron chi connectivity index (χ0n) is 54.4. The van der Waals surface area contributed by atoms with Gasteiger partial charge in [0.15, 0.2) is 6.10 Å². The monoisotopic (exact) mass is 1150 g/mol. The van der Waals surface area contributed by atoms with Crippen LogP contribution in [0.4, 0.5) is 0 Å². The predicted octanol–water partition coefficient (Wildman–Crippen LogP) is 24.3. The highest BCUT2D eigenvalue weighted by atomic mass is 16.6. The van der Waals surface area contributed by atoms with Crippen molar-refractivity contribution in [2.45, 2.75) is 335 Å². The second kappa shape index (κ2) is 70.3. The van der Waals surface area contributed by atoms with Crippen LogP contribution in [-0.4, -0.2) is 37.2 Å². The van der Waals surface area contributed by atoms with E-state index in [2.05, 4.69) is 142 Å². The van der Waals surface area contributed by atoms with Crippen LogP contribution in [-0.2, 0) is 28.6 Å². The summed E-state index contributed by atoms with van der Waals surface area (Å²) in [6.45, 7) is 6.39. The standard InChI is InChI=1S/C77H130O6/c1-4-7-10-13-16-19-22-25-28-29-30-31-32-33-34-35-36-37-38-39-40-41-42-43-44-45-46-47-50-52-55-58-61-64-67-70-76(79)82-73-74(83-77(80)71-68-65-62-59-56-53-49-27-24-21-18-15-12-9-6-3)72-81-75(78)69-66-63-60-57-54-51-48-26-23-20-17-14-11-8-5-2/h7,9-10,12,16-21,25-28,30-31,33-34,48-49,74H,4-6,8,11,13-15,22-24,29,32,35-47,50-73H2,1-3H3/b10-7-,12-9-,19-16-,20-17-,21-18-,28-25-,31-30-,34-33-,48-26-,49-27-. The molecule has 0 saturated heterocycles. The zero-order chi connectivity index (χ0) is 59.9. The van der Waals surface area contributed by atoms with Crippen LogP contribution in [0.15, 0.2) is 122 Å². The third-order valence-corrected chi connectivity index (χ3v) is 14.9. The number of hydrogen-bond acceptors (Lipinski definition) is 6. The van der Waals surface area contributed by atoms with E-state index < -0.39 is 6.10 Å². The molecule has 474 valence electrons. The molecule has 0 aromatic heterocycles. The van der Waals surface area contributed by atoms with E-state index in [9.17, 15) is 14.4 Å². The first-order valence-corrected chi connectivity index (χ1v) is 35.0. The number of allylic oxidation sites excluding steroid dienone is 20. The van der Waals surface area contributed by atoms with Gasteiger partial charge in [-0.15, -0.1) is 0 Å². The Morgan fingerprint density at radius 2 is 0.470 bits per heavy atom. The maximum Gasteiger partial charge on any atom is 0.306 e. The Bertz CT molecular complexity index is 1700. The average Bonchev–Trinajstić information content (AvgIpc) is 3.49. The van der Waals surface area contributed by atoms with Crippen LogP contribution in [0.5, 0.6) is 0 Å². The van der Waals surface area contributed by atoms with Gasteiger partial charge in [-0.3, -0.25) is 14.4 Å². The Labute approximate surface area is 513 Å². The van der Waals surface area contributed by atoms with Crippen LogP contribution in [0.2, 0.25) is 0 Å². The van der Waals surface area contributed by atoms with Crippen molar-refractivity contribution in [3.05, 3.63) is 122 Å². The van der Waals surface area contributed by atoms with Gasteiger partial charge in [0.05, 0.1) is 0 Å². The molecule has 0 spiro atoms. The van der Waals surface area contributed by atoms with Crippen molar-refractivity contribution in [2.24, 2.45) is 0 Å². The van der Waals surface area contributed by atoms with E-state index in [1.54, 1.807) is 0 Å². The number of carbonyl (C=O) groups excluding carboxylic acids is 3. The Hall–Kier alpha value is -4.19. The number of hydrogen-bond donors (Lipinski definition) is 0. The lowest BCUT2D eigenvalue weighted by molar-refractivity contribution is -0.167. The largest absolute Gasteiger partial charge is 0.462 e. The molecule has 6 heteroatoms. The zero-order valence-corrected chi connectivity index (χ0v) is 54.4. The van der Waals surface area contributed by atoms with Gasteiger partial charge in [0.25, 0.3) is 0 Å². The Morgan fingerprint density at radius 1 is 0.253 bits per heavy atom. The summed E-state index contributed by atoms with van der Waals surface area (Å²) in [5.74, 6) is -0.909. The summed E-state index contributed by atoms with van der Waals surface area (Å²) >= 11 is 0. The number of rotatable bonds is 63. The second-order valence-corrected chi connectivity index (χ2v) is 23.0. The van der Waals surface area contributed by atoms with Gasteiger partial charge in [0, 0.05) is 19.3 Å². The maximum absolute atomic E-state index is 12.9. The summed E-state index contributed by atoms with van der Waals surface area (Å²) in [5, 5.41) is 0. The lowest BCUT2D eigenvalue weighted by atomic mass is 10.0. The molecule has 83 heavy (non-hydrogen) atoms. The number of unbranched alkanes of at least 4 members (excludes halogenated alkanes) is 32. The number of ether oxygens (including phenoxy) is 3. The molecular formula is C77H130O6. The number of carbonyl (C=O) groups is 3. The molecule has 0 aliphatic carbocycles. The topological polar surface area (TPSA) is 78.9 Å². The fraction of sp³-hybridized carbons (Fsp3) is 0.701. The molecule has 0 aliphatic heterocycles. The minimum Gasteiger partial charge on any atom is -0.462 e. The van der Waals surface area contributed by atoms with Crippen molar-refractivity contribution in [2.75, 3.05) is 13.2 Å². The first-order chi connectivity index (χ1) is 41.0. The maximum atomic E-state index is 12.9. The summed E-state index contributed by atoms with van der Waals surface area (Å²) < 4.78 is 16.9. The minimum atomic E-state index is -0.794. The predicted molar refractivity (Wildman–Crippen MR) is 362 cm³/mol. The quantitative estimate of drug-likeness (QED) is 0.0261. The van der Waals surface area contributed by atoms with Crippen LogP contribution in [0.25, 0.3) is 0 Å². The molecule has 0 aliphatic rings. The van der Waals surface area contributed by atoms with Gasteiger partial charge in [0.1, 0.15) is 13.2 Å². The lowest BCUT2D eigenvalue weighted by Gasteiger charge is -2.18. The third-order valence-electron chi connectivity index (χ3n) is 14.9. The molecule has 0 rings (SSSR count). The molecule has 0 heterocycles. The van der Waals surface area contributed by atoms with E-state index in [0.717, 1.165) is 154 Å². The average molecular weight is 1150 g/mol. The van der Waals surface area contributed by atoms with Gasteiger partial charge in [-0.05, 0) is 128 Å². The molecule has 6 nitrogen and oxygen atoms in total. The van der Waals surface area contributed by atoms with Gasteiger partial charge in [-0.1, -0.05) is 303 Å². The summed E-state index contributed by atoms with van der Waals surface area (Å²) in [6, 6.07) is 0. The molecule has 0 aromatic rings. The normalized spacial score (nSPS) is 12.9. The van der Waals surface area contributed by atoms with E-state index in [1.165, 1.54) is 135 Å². The van der Waals surface area contributed by atoms with Crippen molar-refractivity contribution < 1.29 is 28.6 Å². The van der Waals surface area contributed by atoms with Crippen LogP contribution < -0.4 is 0 Å². The third kappa shape index (κ3) is 68.5. The van der Waals surface area contributed by atoms with Crippen molar-refractivity contribution in [3.63, 3.8) is 0 Å². The molecule has 0 radical (unpaired) electrons. The highest BCUT2D eigenvalue weighted by Gasteiger charge is 2.19. The van der Waals surface area contributed by atoms with E-state index in [0.29, 0.717) is 19.3 Å².